The van der Waals surface area contributed by atoms with Crippen molar-refractivity contribution in [2.75, 3.05) is 12.8 Å². The first-order chi connectivity index (χ1) is 8.91. The van der Waals surface area contributed by atoms with Crippen LogP contribution < -0.4 is 5.73 Å². The predicted octanol–water partition coefficient (Wildman–Crippen LogP) is 1.59. The van der Waals surface area contributed by atoms with Crippen LogP contribution in [0.1, 0.15) is 5.69 Å². The van der Waals surface area contributed by atoms with E-state index in [-0.39, 0.29) is 22.3 Å². The summed E-state index contributed by atoms with van der Waals surface area (Å²) in [5.74, 6) is 0.0998. The molecule has 0 radical (unpaired) electrons. The molecule has 0 amide bonds. The molecule has 0 saturated carbocycles. The third-order valence-electron chi connectivity index (χ3n) is 2.42. The van der Waals surface area contributed by atoms with Gasteiger partial charge in [0, 0.05) is 18.6 Å². The normalized spacial score (nSPS) is 11.9. The highest BCUT2D eigenvalue weighted by atomic mass is 35.5. The van der Waals surface area contributed by atoms with Crippen molar-refractivity contribution in [3.8, 4) is 0 Å². The lowest BCUT2D eigenvalue weighted by atomic mass is 10.5. The summed E-state index contributed by atoms with van der Waals surface area (Å²) in [6, 6.07) is 1.29. The van der Waals surface area contributed by atoms with Crippen molar-refractivity contribution in [1.82, 2.24) is 14.3 Å². The Balaban J connectivity index is 2.28. The van der Waals surface area contributed by atoms with Gasteiger partial charge in [-0.25, -0.2) is 18.4 Å². The lowest BCUT2D eigenvalue weighted by Gasteiger charge is -2.16. The summed E-state index contributed by atoms with van der Waals surface area (Å²) in [4.78, 5) is 7.80. The number of thiazole rings is 1. The molecule has 2 aromatic heterocycles. The Kier molecular flexibility index (Phi) is 4.04. The van der Waals surface area contributed by atoms with Crippen molar-refractivity contribution in [1.29, 1.82) is 0 Å². The number of pyridine rings is 1. The molecule has 0 aliphatic heterocycles. The first-order valence-corrected chi connectivity index (χ1v) is 7.92. The first-order valence-electron chi connectivity index (χ1n) is 5.15. The van der Waals surface area contributed by atoms with Gasteiger partial charge in [0.2, 0.25) is 10.0 Å². The summed E-state index contributed by atoms with van der Waals surface area (Å²) < 4.78 is 25.8. The Bertz CT molecular complexity index is 673. The van der Waals surface area contributed by atoms with Gasteiger partial charge in [0.1, 0.15) is 10.7 Å². The molecule has 102 valence electrons. The molecule has 2 heterocycles. The van der Waals surface area contributed by atoms with E-state index in [0.29, 0.717) is 5.69 Å². The van der Waals surface area contributed by atoms with Gasteiger partial charge in [0.15, 0.2) is 0 Å². The van der Waals surface area contributed by atoms with Crippen LogP contribution in [0.3, 0.4) is 0 Å². The molecule has 0 unspecified atom stereocenters. The van der Waals surface area contributed by atoms with Crippen molar-refractivity contribution < 1.29 is 8.42 Å². The van der Waals surface area contributed by atoms with E-state index >= 15 is 0 Å². The van der Waals surface area contributed by atoms with Gasteiger partial charge in [0.25, 0.3) is 0 Å². The van der Waals surface area contributed by atoms with Gasteiger partial charge in [-0.3, -0.25) is 0 Å². The van der Waals surface area contributed by atoms with Crippen molar-refractivity contribution >= 4 is 38.8 Å². The van der Waals surface area contributed by atoms with Crippen LogP contribution >= 0.6 is 22.9 Å². The number of nitrogens with zero attached hydrogens (tertiary/aromatic N) is 3. The van der Waals surface area contributed by atoms with Crippen LogP contribution in [-0.2, 0) is 16.6 Å². The van der Waals surface area contributed by atoms with E-state index in [1.807, 2.05) is 0 Å². The van der Waals surface area contributed by atoms with E-state index in [2.05, 4.69) is 9.97 Å². The molecule has 2 aromatic rings. The Labute approximate surface area is 119 Å². The molecule has 2 rings (SSSR count). The van der Waals surface area contributed by atoms with Crippen LogP contribution in [0.15, 0.2) is 28.0 Å². The maximum atomic E-state index is 12.3. The van der Waals surface area contributed by atoms with Crippen molar-refractivity contribution in [3.05, 3.63) is 33.9 Å². The monoisotopic (exact) mass is 318 g/mol. The van der Waals surface area contributed by atoms with Gasteiger partial charge < -0.3 is 5.73 Å². The summed E-state index contributed by atoms with van der Waals surface area (Å²) in [7, 11) is -2.19. The molecule has 0 atom stereocenters. The number of halogens is 1. The standard InChI is InChI=1S/C10H11ClN4O2S2/c1-15(4-7-5-18-6-14-7)19(16,17)8-2-9(11)10(12)13-3-8/h2-3,5-6H,4H2,1H3,(H2,12,13). The topological polar surface area (TPSA) is 89.2 Å². The molecule has 6 nitrogen and oxygen atoms in total. The fourth-order valence-corrected chi connectivity index (χ4v) is 3.28. The highest BCUT2D eigenvalue weighted by molar-refractivity contribution is 7.89. The average molecular weight is 319 g/mol. The van der Waals surface area contributed by atoms with E-state index in [4.69, 9.17) is 17.3 Å². The second-order valence-corrected chi connectivity index (χ2v) is 6.95. The zero-order valence-corrected chi connectivity index (χ0v) is 12.3. The quantitative estimate of drug-likeness (QED) is 0.924. The fraction of sp³-hybridized carbons (Fsp3) is 0.200. The van der Waals surface area contributed by atoms with E-state index in [1.54, 1.807) is 10.9 Å². The van der Waals surface area contributed by atoms with E-state index < -0.39 is 10.0 Å². The minimum absolute atomic E-state index is 0.00410. The molecule has 19 heavy (non-hydrogen) atoms. The van der Waals surface area contributed by atoms with Crippen LogP contribution in [0.4, 0.5) is 5.82 Å². The number of nitrogens with two attached hydrogens (primary N) is 1. The molecule has 0 fully saturated rings. The van der Waals surface area contributed by atoms with Gasteiger partial charge >= 0.3 is 0 Å². The lowest BCUT2D eigenvalue weighted by molar-refractivity contribution is 0.463. The van der Waals surface area contributed by atoms with E-state index in [1.165, 1.54) is 35.0 Å². The van der Waals surface area contributed by atoms with Crippen LogP contribution in [0.5, 0.6) is 0 Å². The lowest BCUT2D eigenvalue weighted by Crippen LogP contribution is -2.26. The third kappa shape index (κ3) is 3.03. The molecule has 0 aliphatic carbocycles. The highest BCUT2D eigenvalue weighted by Crippen LogP contribution is 2.22. The van der Waals surface area contributed by atoms with Crippen molar-refractivity contribution in [3.63, 3.8) is 0 Å². The molecule has 0 saturated heterocycles. The van der Waals surface area contributed by atoms with Crippen molar-refractivity contribution in [2.45, 2.75) is 11.4 Å². The van der Waals surface area contributed by atoms with Crippen LogP contribution in [0.25, 0.3) is 0 Å². The molecule has 0 bridgehead atoms. The number of rotatable bonds is 4. The Morgan fingerprint density at radius 3 is 2.79 bits per heavy atom. The molecule has 9 heteroatoms. The summed E-state index contributed by atoms with van der Waals surface area (Å²) >= 11 is 7.20. The van der Waals surface area contributed by atoms with E-state index in [0.717, 1.165) is 0 Å². The molecule has 2 N–H and O–H groups in total. The Morgan fingerprint density at radius 1 is 1.47 bits per heavy atom. The summed E-state index contributed by atoms with van der Waals surface area (Å²) in [6.07, 6.45) is 1.19. The summed E-state index contributed by atoms with van der Waals surface area (Å²) in [6.45, 7) is 0.188. The number of hydrogen-bond acceptors (Lipinski definition) is 6. The maximum Gasteiger partial charge on any atom is 0.244 e. The smallest absolute Gasteiger partial charge is 0.244 e. The van der Waals surface area contributed by atoms with Crippen LogP contribution in [-0.4, -0.2) is 29.7 Å². The zero-order valence-electron chi connectivity index (χ0n) is 9.95. The van der Waals surface area contributed by atoms with Gasteiger partial charge in [-0.1, -0.05) is 11.6 Å². The molecular weight excluding hydrogens is 308 g/mol. The minimum Gasteiger partial charge on any atom is -0.382 e. The summed E-state index contributed by atoms with van der Waals surface area (Å²) in [5, 5.41) is 1.91. The average Bonchev–Trinajstić information content (AvgIpc) is 2.85. The van der Waals surface area contributed by atoms with Crippen LogP contribution in [0.2, 0.25) is 5.02 Å². The van der Waals surface area contributed by atoms with E-state index in [9.17, 15) is 8.42 Å². The zero-order chi connectivity index (χ0) is 14.0. The van der Waals surface area contributed by atoms with Crippen molar-refractivity contribution in [2.24, 2.45) is 0 Å². The molecular formula is C10H11ClN4O2S2. The number of aromatic nitrogens is 2. The van der Waals surface area contributed by atoms with Gasteiger partial charge in [-0.05, 0) is 6.07 Å². The number of nitrogen functional groups attached to an aromatic ring is 1. The minimum atomic E-state index is -3.66. The second-order valence-electron chi connectivity index (χ2n) is 3.78. The first kappa shape index (κ1) is 14.2. The Hall–Kier alpha value is -1.22. The fourth-order valence-electron chi connectivity index (χ4n) is 1.38. The SMILES string of the molecule is CN(Cc1cscn1)S(=O)(=O)c1cnc(N)c(Cl)c1. The highest BCUT2D eigenvalue weighted by Gasteiger charge is 2.22. The molecule has 0 aromatic carbocycles. The molecule has 0 spiro atoms. The molecule has 0 aliphatic rings. The van der Waals surface area contributed by atoms with Crippen LogP contribution in [0, 0.1) is 0 Å². The number of anilines is 1. The second kappa shape index (κ2) is 5.41. The maximum absolute atomic E-state index is 12.3. The Morgan fingerprint density at radius 2 is 2.21 bits per heavy atom. The van der Waals surface area contributed by atoms with Gasteiger partial charge in [-0.15, -0.1) is 11.3 Å². The van der Waals surface area contributed by atoms with Gasteiger partial charge in [-0.2, -0.15) is 4.31 Å². The number of sulfonamides is 1. The largest absolute Gasteiger partial charge is 0.382 e. The predicted molar refractivity (Wildman–Crippen MR) is 74.4 cm³/mol. The van der Waals surface area contributed by atoms with Gasteiger partial charge in [0.05, 0.1) is 22.8 Å². The number of hydrogen-bond donors (Lipinski definition) is 1. The third-order valence-corrected chi connectivity index (χ3v) is 5.13. The summed E-state index contributed by atoms with van der Waals surface area (Å²) in [5.41, 5.74) is 7.79.